The second-order valence-electron chi connectivity index (χ2n) is 4.41. The highest BCUT2D eigenvalue weighted by Crippen LogP contribution is 2.30. The van der Waals surface area contributed by atoms with Crippen molar-refractivity contribution in [3.05, 3.63) is 34.1 Å². The van der Waals surface area contributed by atoms with Gasteiger partial charge in [0.05, 0.1) is 0 Å². The van der Waals surface area contributed by atoms with Crippen LogP contribution < -0.4 is 5.73 Å². The highest BCUT2D eigenvalue weighted by atomic mass is 35.5. The molecule has 3 heteroatoms. The molecule has 2 unspecified atom stereocenters. The van der Waals surface area contributed by atoms with Gasteiger partial charge in [-0.05, 0) is 36.5 Å². The molecular weight excluding hydrogens is 225 g/mol. The first kappa shape index (κ1) is 13.5. The van der Waals surface area contributed by atoms with Gasteiger partial charge in [-0.25, -0.2) is 4.39 Å². The summed E-state index contributed by atoms with van der Waals surface area (Å²) >= 11 is 6.02. The van der Waals surface area contributed by atoms with Crippen LogP contribution in [0.25, 0.3) is 0 Å². The molecule has 0 aromatic heterocycles. The molecule has 0 bridgehead atoms. The van der Waals surface area contributed by atoms with Crippen LogP contribution in [0.5, 0.6) is 0 Å². The van der Waals surface area contributed by atoms with E-state index in [4.69, 9.17) is 17.3 Å². The lowest BCUT2D eigenvalue weighted by molar-refractivity contribution is 0.433. The third-order valence-electron chi connectivity index (χ3n) is 2.99. The van der Waals surface area contributed by atoms with E-state index in [0.29, 0.717) is 16.5 Å². The van der Waals surface area contributed by atoms with Crippen LogP contribution in [0.15, 0.2) is 12.1 Å². The molecule has 0 spiro atoms. The van der Waals surface area contributed by atoms with Gasteiger partial charge in [-0.1, -0.05) is 37.9 Å². The maximum atomic E-state index is 13.2. The molecule has 0 saturated heterocycles. The van der Waals surface area contributed by atoms with Gasteiger partial charge in [0.2, 0.25) is 0 Å². The third kappa shape index (κ3) is 2.96. The molecule has 2 N–H and O–H groups in total. The Kier molecular flexibility index (Phi) is 4.75. The van der Waals surface area contributed by atoms with Crippen LogP contribution in [0, 0.1) is 18.7 Å². The highest BCUT2D eigenvalue weighted by molar-refractivity contribution is 6.31. The summed E-state index contributed by atoms with van der Waals surface area (Å²) in [6.45, 7) is 5.95. The fourth-order valence-electron chi connectivity index (χ4n) is 1.88. The summed E-state index contributed by atoms with van der Waals surface area (Å²) in [5.74, 6) is 0.0801. The molecule has 0 heterocycles. The smallest absolute Gasteiger partial charge is 0.127 e. The van der Waals surface area contributed by atoms with Gasteiger partial charge < -0.3 is 5.73 Å². The summed E-state index contributed by atoms with van der Waals surface area (Å²) in [6, 6.07) is 2.99. The number of benzene rings is 1. The quantitative estimate of drug-likeness (QED) is 0.842. The number of aryl methyl sites for hydroxylation is 1. The topological polar surface area (TPSA) is 26.0 Å². The Balaban J connectivity index is 2.99. The second kappa shape index (κ2) is 5.65. The van der Waals surface area contributed by atoms with Crippen molar-refractivity contribution < 1.29 is 4.39 Å². The Morgan fingerprint density at radius 1 is 1.44 bits per heavy atom. The predicted molar refractivity (Wildman–Crippen MR) is 67.1 cm³/mol. The molecule has 1 rings (SSSR count). The van der Waals surface area contributed by atoms with Gasteiger partial charge in [-0.3, -0.25) is 0 Å². The monoisotopic (exact) mass is 243 g/mol. The van der Waals surface area contributed by atoms with Crippen molar-refractivity contribution in [1.82, 2.24) is 0 Å². The van der Waals surface area contributed by atoms with Crippen molar-refractivity contribution in [2.75, 3.05) is 0 Å². The van der Waals surface area contributed by atoms with Crippen LogP contribution in [-0.4, -0.2) is 0 Å². The van der Waals surface area contributed by atoms with Gasteiger partial charge in [0, 0.05) is 11.1 Å². The molecule has 0 amide bonds. The largest absolute Gasteiger partial charge is 0.324 e. The summed E-state index contributed by atoms with van der Waals surface area (Å²) in [7, 11) is 0. The zero-order valence-corrected chi connectivity index (χ0v) is 10.8. The molecule has 0 aliphatic rings. The summed E-state index contributed by atoms with van der Waals surface area (Å²) < 4.78 is 13.2. The molecule has 1 aromatic rings. The summed E-state index contributed by atoms with van der Waals surface area (Å²) in [5.41, 5.74) is 7.58. The molecule has 90 valence electrons. The van der Waals surface area contributed by atoms with Gasteiger partial charge in [-0.15, -0.1) is 0 Å². The van der Waals surface area contributed by atoms with Crippen LogP contribution in [0.4, 0.5) is 4.39 Å². The lowest BCUT2D eigenvalue weighted by atomic mass is 9.91. The molecule has 2 atom stereocenters. The van der Waals surface area contributed by atoms with Gasteiger partial charge in [0.1, 0.15) is 5.82 Å². The first-order chi connectivity index (χ1) is 7.47. The van der Waals surface area contributed by atoms with Gasteiger partial charge in [0.15, 0.2) is 0 Å². The lowest BCUT2D eigenvalue weighted by Gasteiger charge is -2.21. The first-order valence-electron chi connectivity index (χ1n) is 5.68. The van der Waals surface area contributed by atoms with Crippen LogP contribution >= 0.6 is 11.6 Å². The van der Waals surface area contributed by atoms with Crippen molar-refractivity contribution in [3.63, 3.8) is 0 Å². The molecule has 0 saturated carbocycles. The van der Waals surface area contributed by atoms with Gasteiger partial charge in [0.25, 0.3) is 0 Å². The van der Waals surface area contributed by atoms with E-state index < -0.39 is 0 Å². The Hall–Kier alpha value is -0.600. The molecule has 0 radical (unpaired) electrons. The van der Waals surface area contributed by atoms with Crippen molar-refractivity contribution in [1.29, 1.82) is 0 Å². The minimum Gasteiger partial charge on any atom is -0.324 e. The predicted octanol–water partition coefficient (Wildman–Crippen LogP) is 4.22. The van der Waals surface area contributed by atoms with Crippen LogP contribution in [0.2, 0.25) is 5.02 Å². The molecule has 1 nitrogen and oxygen atoms in total. The van der Waals surface area contributed by atoms with E-state index in [2.05, 4.69) is 13.8 Å². The molecular formula is C13H19ClFN. The number of rotatable bonds is 4. The van der Waals surface area contributed by atoms with E-state index in [1.807, 2.05) is 0 Å². The molecule has 0 aliphatic carbocycles. The normalized spacial score (nSPS) is 14.9. The lowest BCUT2D eigenvalue weighted by Crippen LogP contribution is -2.19. The fraction of sp³-hybridized carbons (Fsp3) is 0.538. The van der Waals surface area contributed by atoms with E-state index in [9.17, 15) is 4.39 Å². The molecule has 0 aliphatic heterocycles. The number of halogens is 2. The third-order valence-corrected chi connectivity index (χ3v) is 3.32. The average molecular weight is 244 g/mol. The minimum atomic E-state index is -0.274. The minimum absolute atomic E-state index is 0.119. The van der Waals surface area contributed by atoms with Crippen LogP contribution in [-0.2, 0) is 0 Å². The second-order valence-corrected chi connectivity index (χ2v) is 4.82. The molecule has 0 fully saturated rings. The van der Waals surface area contributed by atoms with E-state index >= 15 is 0 Å². The maximum absolute atomic E-state index is 13.2. The van der Waals surface area contributed by atoms with E-state index in [0.717, 1.165) is 18.4 Å². The Bertz CT molecular complexity index is 365. The molecule has 1 aromatic carbocycles. The van der Waals surface area contributed by atoms with E-state index in [-0.39, 0.29) is 11.9 Å². The van der Waals surface area contributed by atoms with Crippen molar-refractivity contribution in [2.45, 2.75) is 39.7 Å². The van der Waals surface area contributed by atoms with Crippen molar-refractivity contribution in [3.8, 4) is 0 Å². The Morgan fingerprint density at radius 2 is 2.06 bits per heavy atom. The average Bonchev–Trinajstić information content (AvgIpc) is 2.23. The molecule has 16 heavy (non-hydrogen) atoms. The number of hydrogen-bond donors (Lipinski definition) is 1. The van der Waals surface area contributed by atoms with E-state index in [1.165, 1.54) is 6.07 Å². The summed E-state index contributed by atoms with van der Waals surface area (Å²) in [6.07, 6.45) is 2.14. The summed E-state index contributed by atoms with van der Waals surface area (Å²) in [4.78, 5) is 0. The maximum Gasteiger partial charge on any atom is 0.127 e. The number of nitrogens with two attached hydrogens (primary N) is 1. The first-order valence-corrected chi connectivity index (χ1v) is 6.06. The van der Waals surface area contributed by atoms with Crippen molar-refractivity contribution in [2.24, 2.45) is 11.7 Å². The Labute approximate surface area is 102 Å². The number of hydrogen-bond acceptors (Lipinski definition) is 1. The van der Waals surface area contributed by atoms with E-state index in [1.54, 1.807) is 13.0 Å². The van der Waals surface area contributed by atoms with Gasteiger partial charge in [-0.2, -0.15) is 0 Å². The Morgan fingerprint density at radius 3 is 2.62 bits per heavy atom. The zero-order valence-electron chi connectivity index (χ0n) is 10.1. The van der Waals surface area contributed by atoms with Crippen LogP contribution in [0.1, 0.15) is 43.9 Å². The standard InChI is InChI=1S/C13H19ClFN/c1-4-5-8(2)13(16)10-6-9(3)12(15)7-11(10)14/h6-8,13H,4-5,16H2,1-3H3. The van der Waals surface area contributed by atoms with Crippen molar-refractivity contribution >= 4 is 11.6 Å². The van der Waals surface area contributed by atoms with Crippen LogP contribution in [0.3, 0.4) is 0 Å². The zero-order chi connectivity index (χ0) is 12.3. The fourth-order valence-corrected chi connectivity index (χ4v) is 2.15. The highest BCUT2D eigenvalue weighted by Gasteiger charge is 2.18. The SMILES string of the molecule is CCCC(C)C(N)c1cc(C)c(F)cc1Cl. The summed E-state index contributed by atoms with van der Waals surface area (Å²) in [5, 5.41) is 0.429. The van der Waals surface area contributed by atoms with Gasteiger partial charge >= 0.3 is 0 Å².